The van der Waals surface area contributed by atoms with Gasteiger partial charge in [-0.05, 0) is 61.0 Å². The molecule has 1 amide bonds. The highest BCUT2D eigenvalue weighted by molar-refractivity contribution is 6.36. The van der Waals surface area contributed by atoms with Gasteiger partial charge in [0.1, 0.15) is 17.3 Å². The van der Waals surface area contributed by atoms with Crippen molar-refractivity contribution in [3.8, 4) is 17.1 Å². The zero-order chi connectivity index (χ0) is 19.9. The average Bonchev–Trinajstić information content (AvgIpc) is 3.15. The molecule has 1 heterocycles. The summed E-state index contributed by atoms with van der Waals surface area (Å²) in [4.78, 5) is 12.1. The summed E-state index contributed by atoms with van der Waals surface area (Å²) in [6.45, 7) is 2.67. The van der Waals surface area contributed by atoms with Gasteiger partial charge in [0.25, 0.3) is 5.91 Å². The summed E-state index contributed by atoms with van der Waals surface area (Å²) in [6, 6.07) is 15.5. The monoisotopic (exact) mass is 416 g/mol. The highest BCUT2D eigenvalue weighted by Crippen LogP contribution is 2.31. The Morgan fingerprint density at radius 1 is 1.14 bits per heavy atom. The van der Waals surface area contributed by atoms with E-state index in [1.807, 2.05) is 6.92 Å². The molecule has 7 heteroatoms. The largest absolute Gasteiger partial charge is 0.494 e. The third-order valence-corrected chi connectivity index (χ3v) is 4.32. The first kappa shape index (κ1) is 20.0. The SMILES string of the molecule is CCCOc1ccc(C(=O)N/N=C/c2ccc(-c3ccc(Cl)cc3Cl)o2)cc1. The molecular weight excluding hydrogens is 399 g/mol. The number of hydrogen-bond acceptors (Lipinski definition) is 4. The molecule has 0 aliphatic carbocycles. The summed E-state index contributed by atoms with van der Waals surface area (Å²) in [5.41, 5.74) is 3.67. The summed E-state index contributed by atoms with van der Waals surface area (Å²) in [5.74, 6) is 1.46. The van der Waals surface area contributed by atoms with Gasteiger partial charge >= 0.3 is 0 Å². The molecule has 144 valence electrons. The predicted molar refractivity (Wildman–Crippen MR) is 111 cm³/mol. The van der Waals surface area contributed by atoms with Crippen molar-refractivity contribution in [2.24, 2.45) is 5.10 Å². The number of amides is 1. The van der Waals surface area contributed by atoms with Gasteiger partial charge in [-0.25, -0.2) is 5.43 Å². The zero-order valence-corrected chi connectivity index (χ0v) is 16.6. The smallest absolute Gasteiger partial charge is 0.271 e. The van der Waals surface area contributed by atoms with Gasteiger partial charge in [0.2, 0.25) is 0 Å². The summed E-state index contributed by atoms with van der Waals surface area (Å²) < 4.78 is 11.2. The summed E-state index contributed by atoms with van der Waals surface area (Å²) in [5, 5.41) is 4.97. The Hall–Kier alpha value is -2.76. The maximum absolute atomic E-state index is 12.1. The number of nitrogens with zero attached hydrogens (tertiary/aromatic N) is 1. The highest BCUT2D eigenvalue weighted by atomic mass is 35.5. The molecule has 0 bridgehead atoms. The second-order valence-corrected chi connectivity index (χ2v) is 6.74. The van der Waals surface area contributed by atoms with Crippen molar-refractivity contribution in [1.29, 1.82) is 0 Å². The number of halogens is 2. The number of benzene rings is 2. The lowest BCUT2D eigenvalue weighted by molar-refractivity contribution is 0.0955. The molecule has 0 radical (unpaired) electrons. The molecule has 0 atom stereocenters. The van der Waals surface area contributed by atoms with Gasteiger partial charge in [0, 0.05) is 16.1 Å². The van der Waals surface area contributed by atoms with E-state index < -0.39 is 0 Å². The van der Waals surface area contributed by atoms with E-state index in [-0.39, 0.29) is 5.91 Å². The van der Waals surface area contributed by atoms with E-state index in [2.05, 4.69) is 10.5 Å². The first-order valence-electron chi connectivity index (χ1n) is 8.68. The molecule has 1 N–H and O–H groups in total. The Morgan fingerprint density at radius 2 is 1.93 bits per heavy atom. The van der Waals surface area contributed by atoms with Crippen molar-refractivity contribution in [2.45, 2.75) is 13.3 Å². The highest BCUT2D eigenvalue weighted by Gasteiger charge is 2.09. The van der Waals surface area contributed by atoms with Crippen LogP contribution in [0.3, 0.4) is 0 Å². The van der Waals surface area contributed by atoms with Crippen LogP contribution in [0.1, 0.15) is 29.5 Å². The molecule has 28 heavy (non-hydrogen) atoms. The Bertz CT molecular complexity index is 982. The molecule has 0 unspecified atom stereocenters. The number of furan rings is 1. The molecule has 0 aliphatic heterocycles. The minimum Gasteiger partial charge on any atom is -0.494 e. The normalized spacial score (nSPS) is 11.0. The fourth-order valence-electron chi connectivity index (χ4n) is 2.40. The Balaban J connectivity index is 1.60. The number of rotatable bonds is 7. The summed E-state index contributed by atoms with van der Waals surface area (Å²) in [6.07, 6.45) is 2.35. The van der Waals surface area contributed by atoms with E-state index in [0.29, 0.717) is 33.7 Å². The van der Waals surface area contributed by atoms with Gasteiger partial charge in [-0.15, -0.1) is 0 Å². The maximum Gasteiger partial charge on any atom is 0.271 e. The van der Waals surface area contributed by atoms with Gasteiger partial charge in [-0.1, -0.05) is 30.1 Å². The number of ether oxygens (including phenoxy) is 1. The number of carbonyl (C=O) groups is 1. The fourth-order valence-corrected chi connectivity index (χ4v) is 2.90. The van der Waals surface area contributed by atoms with Crippen LogP contribution in [0.5, 0.6) is 5.75 Å². The van der Waals surface area contributed by atoms with Crippen molar-refractivity contribution < 1.29 is 13.9 Å². The number of carbonyl (C=O) groups excluding carboxylic acids is 1. The van der Waals surface area contributed by atoms with Crippen LogP contribution >= 0.6 is 23.2 Å². The van der Waals surface area contributed by atoms with Crippen molar-refractivity contribution in [3.63, 3.8) is 0 Å². The van der Waals surface area contributed by atoms with Crippen molar-refractivity contribution in [1.82, 2.24) is 5.43 Å². The van der Waals surface area contributed by atoms with E-state index in [4.69, 9.17) is 32.4 Å². The minimum absolute atomic E-state index is 0.328. The molecule has 3 rings (SSSR count). The molecule has 0 saturated heterocycles. The van der Waals surface area contributed by atoms with Crippen molar-refractivity contribution >= 4 is 35.3 Å². The zero-order valence-electron chi connectivity index (χ0n) is 15.1. The molecule has 3 aromatic rings. The maximum atomic E-state index is 12.1. The summed E-state index contributed by atoms with van der Waals surface area (Å²) in [7, 11) is 0. The predicted octanol–water partition coefficient (Wildman–Crippen LogP) is 5.81. The topological polar surface area (TPSA) is 63.8 Å². The molecule has 0 fully saturated rings. The van der Waals surface area contributed by atoms with Crippen LogP contribution in [-0.4, -0.2) is 18.7 Å². The molecule has 2 aromatic carbocycles. The summed E-state index contributed by atoms with van der Waals surface area (Å²) >= 11 is 12.1. The minimum atomic E-state index is -0.328. The van der Waals surface area contributed by atoms with Gasteiger partial charge in [0.15, 0.2) is 0 Å². The van der Waals surface area contributed by atoms with Gasteiger partial charge < -0.3 is 9.15 Å². The van der Waals surface area contributed by atoms with Crippen LogP contribution in [-0.2, 0) is 0 Å². The average molecular weight is 417 g/mol. The van der Waals surface area contributed by atoms with Crippen LogP contribution in [0.2, 0.25) is 10.0 Å². The molecule has 1 aromatic heterocycles. The van der Waals surface area contributed by atoms with E-state index in [9.17, 15) is 4.79 Å². The molecule has 0 spiro atoms. The van der Waals surface area contributed by atoms with Gasteiger partial charge in [-0.3, -0.25) is 4.79 Å². The van der Waals surface area contributed by atoms with E-state index in [1.165, 1.54) is 6.21 Å². The van der Waals surface area contributed by atoms with Crippen molar-refractivity contribution in [3.05, 3.63) is 76.0 Å². The van der Waals surface area contributed by atoms with Crippen LogP contribution in [0.15, 0.2) is 64.1 Å². The Morgan fingerprint density at radius 3 is 2.64 bits per heavy atom. The first-order valence-corrected chi connectivity index (χ1v) is 9.44. The van der Waals surface area contributed by atoms with Crippen molar-refractivity contribution in [2.75, 3.05) is 6.61 Å². The first-order chi connectivity index (χ1) is 13.6. The van der Waals surface area contributed by atoms with Gasteiger partial charge in [-0.2, -0.15) is 5.10 Å². The Labute approximate surface area is 172 Å². The second kappa shape index (κ2) is 9.44. The third kappa shape index (κ3) is 5.15. The molecule has 5 nitrogen and oxygen atoms in total. The van der Waals surface area contributed by atoms with E-state index >= 15 is 0 Å². The van der Waals surface area contributed by atoms with E-state index in [1.54, 1.807) is 54.6 Å². The number of hydrogen-bond donors (Lipinski definition) is 1. The standard InChI is InChI=1S/C21H18Cl2N2O3/c1-2-11-27-16-6-3-14(4-7-16)21(26)25-24-13-17-8-10-20(28-17)18-9-5-15(22)12-19(18)23/h3-10,12-13H,2,11H2,1H3,(H,25,26)/b24-13+. The number of nitrogens with one attached hydrogen (secondary N) is 1. The number of hydrazone groups is 1. The molecular formula is C21H18Cl2N2O3. The molecule has 0 saturated carbocycles. The lowest BCUT2D eigenvalue weighted by atomic mass is 10.2. The van der Waals surface area contributed by atoms with Crippen LogP contribution < -0.4 is 10.2 Å². The lowest BCUT2D eigenvalue weighted by Crippen LogP contribution is -2.17. The van der Waals surface area contributed by atoms with Crippen LogP contribution in [0.4, 0.5) is 0 Å². The quantitative estimate of drug-likeness (QED) is 0.390. The van der Waals surface area contributed by atoms with Gasteiger partial charge in [0.05, 0.1) is 17.8 Å². The fraction of sp³-hybridized carbons (Fsp3) is 0.143. The lowest BCUT2D eigenvalue weighted by Gasteiger charge is -2.05. The second-order valence-electron chi connectivity index (χ2n) is 5.90. The Kier molecular flexibility index (Phi) is 6.74. The molecule has 0 aliphatic rings. The third-order valence-electron chi connectivity index (χ3n) is 3.77. The van der Waals surface area contributed by atoms with E-state index in [0.717, 1.165) is 17.7 Å². The van der Waals surface area contributed by atoms with Crippen LogP contribution in [0, 0.1) is 0 Å². The van der Waals surface area contributed by atoms with Crippen LogP contribution in [0.25, 0.3) is 11.3 Å².